The third-order valence-corrected chi connectivity index (χ3v) is 3.86. The van der Waals surface area contributed by atoms with Crippen molar-refractivity contribution in [3.05, 3.63) is 34.7 Å². The van der Waals surface area contributed by atoms with Gasteiger partial charge in [-0.15, -0.1) is 23.1 Å². The third-order valence-electron chi connectivity index (χ3n) is 2.27. The molecule has 0 atom stereocenters. The molecule has 1 aromatic carbocycles. The molecule has 0 fully saturated rings. The highest BCUT2D eigenvalue weighted by molar-refractivity contribution is 7.98. The van der Waals surface area contributed by atoms with Gasteiger partial charge in [-0.3, -0.25) is 0 Å². The largest absolute Gasteiger partial charge is 0.314 e. The first-order valence-corrected chi connectivity index (χ1v) is 7.17. The summed E-state index contributed by atoms with van der Waals surface area (Å²) < 4.78 is 0. The molecule has 0 saturated carbocycles. The zero-order chi connectivity index (χ0) is 11.4. The highest BCUT2D eigenvalue weighted by Gasteiger charge is 2.03. The lowest BCUT2D eigenvalue weighted by Crippen LogP contribution is -2.04. The molecule has 0 saturated heterocycles. The summed E-state index contributed by atoms with van der Waals surface area (Å²) in [5, 5.41) is 6.35. The van der Waals surface area contributed by atoms with Crippen molar-refractivity contribution in [3.8, 4) is 11.3 Å². The number of thioether (sulfide) groups is 1. The summed E-state index contributed by atoms with van der Waals surface area (Å²) >= 11 is 3.46. The van der Waals surface area contributed by atoms with Crippen LogP contribution >= 0.6 is 23.1 Å². The fraction of sp³-hybridized carbons (Fsp3) is 0.250. The number of hydrogen-bond donors (Lipinski definition) is 1. The van der Waals surface area contributed by atoms with Crippen LogP contribution in [0.25, 0.3) is 11.3 Å². The molecule has 0 spiro atoms. The number of nitrogens with zero attached hydrogens (tertiary/aromatic N) is 1. The Labute approximate surface area is 104 Å². The van der Waals surface area contributed by atoms with Crippen molar-refractivity contribution in [3.63, 3.8) is 0 Å². The normalized spacial score (nSPS) is 10.6. The maximum atomic E-state index is 4.57. The molecular weight excluding hydrogens is 236 g/mol. The fourth-order valence-corrected chi connectivity index (χ4v) is 2.66. The van der Waals surface area contributed by atoms with Crippen LogP contribution in [-0.2, 0) is 6.54 Å². The van der Waals surface area contributed by atoms with Crippen molar-refractivity contribution < 1.29 is 0 Å². The van der Waals surface area contributed by atoms with Gasteiger partial charge in [0.1, 0.15) is 5.01 Å². The molecule has 0 aliphatic heterocycles. The zero-order valence-corrected chi connectivity index (χ0v) is 11.0. The molecule has 0 unspecified atom stereocenters. The van der Waals surface area contributed by atoms with E-state index in [9.17, 15) is 0 Å². The van der Waals surface area contributed by atoms with Gasteiger partial charge in [0.25, 0.3) is 0 Å². The summed E-state index contributed by atoms with van der Waals surface area (Å²) in [5.74, 6) is 0. The Hall–Kier alpha value is -0.840. The smallest absolute Gasteiger partial charge is 0.107 e. The van der Waals surface area contributed by atoms with E-state index in [1.54, 1.807) is 23.1 Å². The zero-order valence-electron chi connectivity index (χ0n) is 9.36. The molecule has 2 aromatic rings. The first-order valence-electron chi connectivity index (χ1n) is 5.07. The average molecular weight is 250 g/mol. The molecule has 0 radical (unpaired) electrons. The van der Waals surface area contributed by atoms with Gasteiger partial charge >= 0.3 is 0 Å². The Kier molecular flexibility index (Phi) is 3.98. The average Bonchev–Trinajstić information content (AvgIpc) is 2.78. The van der Waals surface area contributed by atoms with Crippen LogP contribution in [0.5, 0.6) is 0 Å². The predicted molar refractivity (Wildman–Crippen MR) is 72.1 cm³/mol. The molecular formula is C12H14N2S2. The molecule has 0 aliphatic rings. The van der Waals surface area contributed by atoms with Crippen molar-refractivity contribution in [2.24, 2.45) is 0 Å². The summed E-state index contributed by atoms with van der Waals surface area (Å²) in [6.45, 7) is 0.841. The number of nitrogens with one attached hydrogen (secondary N) is 1. The van der Waals surface area contributed by atoms with Gasteiger partial charge in [0.2, 0.25) is 0 Å². The third kappa shape index (κ3) is 2.64. The van der Waals surface area contributed by atoms with Crippen molar-refractivity contribution in [1.82, 2.24) is 10.3 Å². The van der Waals surface area contributed by atoms with E-state index in [0.717, 1.165) is 17.2 Å². The molecule has 1 heterocycles. The molecule has 0 aliphatic carbocycles. The van der Waals surface area contributed by atoms with Crippen LogP contribution in [0.2, 0.25) is 0 Å². The molecule has 1 aromatic heterocycles. The van der Waals surface area contributed by atoms with E-state index in [2.05, 4.69) is 46.2 Å². The van der Waals surface area contributed by atoms with E-state index < -0.39 is 0 Å². The van der Waals surface area contributed by atoms with Crippen molar-refractivity contribution in [2.75, 3.05) is 13.3 Å². The molecule has 84 valence electrons. The summed E-state index contributed by atoms with van der Waals surface area (Å²) in [5.41, 5.74) is 2.26. The minimum Gasteiger partial charge on any atom is -0.314 e. The van der Waals surface area contributed by atoms with Crippen molar-refractivity contribution in [2.45, 2.75) is 11.4 Å². The SMILES string of the molecule is CNCc1nc(-c2ccc(SC)cc2)cs1. The van der Waals surface area contributed by atoms with E-state index in [0.29, 0.717) is 0 Å². The standard InChI is InChI=1S/C12H14N2S2/c1-13-7-12-14-11(8-16-12)9-3-5-10(15-2)6-4-9/h3-6,8,13H,7H2,1-2H3. The summed E-state index contributed by atoms with van der Waals surface area (Å²) in [7, 11) is 1.94. The van der Waals surface area contributed by atoms with Crippen molar-refractivity contribution >= 4 is 23.1 Å². The maximum Gasteiger partial charge on any atom is 0.107 e. The van der Waals surface area contributed by atoms with E-state index in [4.69, 9.17) is 0 Å². The van der Waals surface area contributed by atoms with Crippen LogP contribution in [0.3, 0.4) is 0 Å². The van der Waals surface area contributed by atoms with Gasteiger partial charge < -0.3 is 5.32 Å². The quantitative estimate of drug-likeness (QED) is 0.843. The highest BCUT2D eigenvalue weighted by Crippen LogP contribution is 2.24. The Morgan fingerprint density at radius 3 is 2.69 bits per heavy atom. The molecule has 0 bridgehead atoms. The van der Waals surface area contributed by atoms with Crippen LogP contribution < -0.4 is 5.32 Å². The lowest BCUT2D eigenvalue weighted by molar-refractivity contribution is 0.811. The Bertz CT molecular complexity index is 448. The van der Waals surface area contributed by atoms with Gasteiger partial charge in [-0.25, -0.2) is 4.98 Å². The summed E-state index contributed by atoms with van der Waals surface area (Å²) in [6.07, 6.45) is 2.09. The van der Waals surface area contributed by atoms with Crippen molar-refractivity contribution in [1.29, 1.82) is 0 Å². The molecule has 0 amide bonds. The van der Waals surface area contributed by atoms with Crippen LogP contribution in [0.15, 0.2) is 34.5 Å². The van der Waals surface area contributed by atoms with Crippen LogP contribution in [-0.4, -0.2) is 18.3 Å². The minimum atomic E-state index is 0.841. The molecule has 4 heteroatoms. The summed E-state index contributed by atoms with van der Waals surface area (Å²) in [6, 6.07) is 8.53. The Morgan fingerprint density at radius 2 is 2.06 bits per heavy atom. The first-order chi connectivity index (χ1) is 7.83. The van der Waals surface area contributed by atoms with Crippen LogP contribution in [0.1, 0.15) is 5.01 Å². The van der Waals surface area contributed by atoms with Gasteiger partial charge in [-0.1, -0.05) is 12.1 Å². The molecule has 2 rings (SSSR count). The van der Waals surface area contributed by atoms with Crippen LogP contribution in [0, 0.1) is 0 Å². The van der Waals surface area contributed by atoms with E-state index in [1.807, 2.05) is 7.05 Å². The highest BCUT2D eigenvalue weighted by atomic mass is 32.2. The summed E-state index contributed by atoms with van der Waals surface area (Å²) in [4.78, 5) is 5.86. The lowest BCUT2D eigenvalue weighted by Gasteiger charge is -1.98. The predicted octanol–water partition coefficient (Wildman–Crippen LogP) is 3.25. The maximum absolute atomic E-state index is 4.57. The molecule has 2 nitrogen and oxygen atoms in total. The Morgan fingerprint density at radius 1 is 1.31 bits per heavy atom. The minimum absolute atomic E-state index is 0.841. The van der Waals surface area contributed by atoms with E-state index in [-0.39, 0.29) is 0 Å². The van der Waals surface area contributed by atoms with Gasteiger partial charge in [0.15, 0.2) is 0 Å². The molecule has 16 heavy (non-hydrogen) atoms. The number of benzene rings is 1. The number of aromatic nitrogens is 1. The van der Waals surface area contributed by atoms with Gasteiger partial charge in [0.05, 0.1) is 5.69 Å². The van der Waals surface area contributed by atoms with Gasteiger partial charge in [-0.05, 0) is 25.4 Å². The van der Waals surface area contributed by atoms with E-state index in [1.165, 1.54) is 10.5 Å². The second-order valence-corrected chi connectivity index (χ2v) is 5.21. The van der Waals surface area contributed by atoms with Crippen LogP contribution in [0.4, 0.5) is 0 Å². The topological polar surface area (TPSA) is 24.9 Å². The van der Waals surface area contributed by atoms with Gasteiger partial charge in [0, 0.05) is 22.4 Å². The Balaban J connectivity index is 2.21. The number of rotatable bonds is 4. The lowest BCUT2D eigenvalue weighted by atomic mass is 10.2. The number of hydrogen-bond acceptors (Lipinski definition) is 4. The monoisotopic (exact) mass is 250 g/mol. The van der Waals surface area contributed by atoms with Gasteiger partial charge in [-0.2, -0.15) is 0 Å². The van der Waals surface area contributed by atoms with E-state index >= 15 is 0 Å². The second-order valence-electron chi connectivity index (χ2n) is 3.39. The first kappa shape index (κ1) is 11.6. The number of thiazole rings is 1. The molecule has 1 N–H and O–H groups in total. The fourth-order valence-electron chi connectivity index (χ4n) is 1.44. The second kappa shape index (κ2) is 5.48.